The van der Waals surface area contributed by atoms with Crippen LogP contribution in [0.2, 0.25) is 0 Å². The minimum Gasteiger partial charge on any atom is -0.493 e. The fraction of sp³-hybridized carbons (Fsp3) is 0.188. The second kappa shape index (κ2) is 6.91. The van der Waals surface area contributed by atoms with E-state index in [1.54, 1.807) is 43.1 Å². The molecule has 0 saturated heterocycles. The van der Waals surface area contributed by atoms with Gasteiger partial charge in [-0.05, 0) is 30.0 Å². The number of nitrogen functional groups attached to an aromatic ring is 1. The SMILES string of the molecule is CCSc1cccc(Oc2ccc(N)cc2OC)c1C#N. The number of anilines is 1. The third-order valence-corrected chi connectivity index (χ3v) is 3.75. The lowest BCUT2D eigenvalue weighted by Crippen LogP contribution is -1.95. The average Bonchev–Trinajstić information content (AvgIpc) is 2.49. The van der Waals surface area contributed by atoms with Crippen LogP contribution in [-0.4, -0.2) is 12.9 Å². The minimum absolute atomic E-state index is 0.513. The normalized spacial score (nSPS) is 9.95. The Morgan fingerprint density at radius 3 is 2.67 bits per heavy atom. The number of rotatable bonds is 5. The van der Waals surface area contributed by atoms with Crippen LogP contribution in [0.25, 0.3) is 0 Å². The van der Waals surface area contributed by atoms with Gasteiger partial charge < -0.3 is 15.2 Å². The zero-order valence-electron chi connectivity index (χ0n) is 11.9. The van der Waals surface area contributed by atoms with Crippen molar-refractivity contribution in [2.45, 2.75) is 11.8 Å². The summed E-state index contributed by atoms with van der Waals surface area (Å²) in [4.78, 5) is 0.909. The number of nitrogens with zero attached hydrogens (tertiary/aromatic N) is 1. The van der Waals surface area contributed by atoms with Crippen LogP contribution >= 0.6 is 11.8 Å². The molecule has 0 atom stereocenters. The van der Waals surface area contributed by atoms with Crippen molar-refractivity contribution in [1.82, 2.24) is 0 Å². The first-order valence-electron chi connectivity index (χ1n) is 6.46. The van der Waals surface area contributed by atoms with Gasteiger partial charge in [-0.25, -0.2) is 0 Å². The molecule has 0 spiro atoms. The molecule has 4 nitrogen and oxygen atoms in total. The Hall–Kier alpha value is -2.32. The van der Waals surface area contributed by atoms with E-state index in [9.17, 15) is 5.26 Å². The van der Waals surface area contributed by atoms with E-state index in [2.05, 4.69) is 6.07 Å². The molecule has 108 valence electrons. The number of nitrogens with two attached hydrogens (primary N) is 1. The van der Waals surface area contributed by atoms with Crippen molar-refractivity contribution in [3.63, 3.8) is 0 Å². The van der Waals surface area contributed by atoms with Crippen LogP contribution < -0.4 is 15.2 Å². The second-order valence-electron chi connectivity index (χ2n) is 4.19. The predicted molar refractivity (Wildman–Crippen MR) is 85.0 cm³/mol. The first-order chi connectivity index (χ1) is 10.2. The highest BCUT2D eigenvalue weighted by molar-refractivity contribution is 7.99. The van der Waals surface area contributed by atoms with Gasteiger partial charge in [0.25, 0.3) is 0 Å². The monoisotopic (exact) mass is 300 g/mol. The number of methoxy groups -OCH3 is 1. The van der Waals surface area contributed by atoms with E-state index < -0.39 is 0 Å². The molecule has 0 aliphatic carbocycles. The van der Waals surface area contributed by atoms with Crippen LogP contribution in [0, 0.1) is 11.3 Å². The van der Waals surface area contributed by atoms with Crippen molar-refractivity contribution >= 4 is 17.4 Å². The van der Waals surface area contributed by atoms with Crippen molar-refractivity contribution in [3.8, 4) is 23.3 Å². The molecular formula is C16H16N2O2S. The van der Waals surface area contributed by atoms with E-state index in [1.165, 1.54) is 0 Å². The maximum atomic E-state index is 9.38. The summed E-state index contributed by atoms with van der Waals surface area (Å²) in [6.07, 6.45) is 0. The number of hydrogen-bond acceptors (Lipinski definition) is 5. The number of thioether (sulfide) groups is 1. The Balaban J connectivity index is 2.40. The summed E-state index contributed by atoms with van der Waals surface area (Å²) in [5.41, 5.74) is 6.85. The molecule has 0 aliphatic rings. The third kappa shape index (κ3) is 3.41. The summed E-state index contributed by atoms with van der Waals surface area (Å²) >= 11 is 1.61. The Labute approximate surface area is 128 Å². The van der Waals surface area contributed by atoms with Gasteiger partial charge in [0.1, 0.15) is 17.4 Å². The molecule has 0 aromatic heterocycles. The van der Waals surface area contributed by atoms with E-state index in [4.69, 9.17) is 15.2 Å². The molecule has 2 aromatic rings. The fourth-order valence-electron chi connectivity index (χ4n) is 1.87. The van der Waals surface area contributed by atoms with Gasteiger partial charge >= 0.3 is 0 Å². The van der Waals surface area contributed by atoms with Crippen LogP contribution in [0.3, 0.4) is 0 Å². The standard InChI is InChI=1S/C16H16N2O2S/c1-3-21-16-6-4-5-13(12(16)10-17)20-14-8-7-11(18)9-15(14)19-2/h4-9H,3,18H2,1-2H3. The lowest BCUT2D eigenvalue weighted by Gasteiger charge is -2.13. The zero-order valence-corrected chi connectivity index (χ0v) is 12.7. The quantitative estimate of drug-likeness (QED) is 0.666. The average molecular weight is 300 g/mol. The zero-order chi connectivity index (χ0) is 15.2. The van der Waals surface area contributed by atoms with Crippen molar-refractivity contribution in [2.75, 3.05) is 18.6 Å². The lowest BCUT2D eigenvalue weighted by molar-refractivity contribution is 0.378. The van der Waals surface area contributed by atoms with Crippen LogP contribution in [0.4, 0.5) is 5.69 Å². The van der Waals surface area contributed by atoms with Crippen molar-refractivity contribution in [1.29, 1.82) is 5.26 Å². The highest BCUT2D eigenvalue weighted by Gasteiger charge is 2.12. The maximum absolute atomic E-state index is 9.38. The minimum atomic E-state index is 0.513. The molecule has 2 aromatic carbocycles. The highest BCUT2D eigenvalue weighted by Crippen LogP contribution is 2.37. The highest BCUT2D eigenvalue weighted by atomic mass is 32.2. The molecule has 21 heavy (non-hydrogen) atoms. The molecular weight excluding hydrogens is 284 g/mol. The summed E-state index contributed by atoms with van der Waals surface area (Å²) in [6.45, 7) is 2.04. The lowest BCUT2D eigenvalue weighted by atomic mass is 10.2. The Bertz CT molecular complexity index is 680. The first-order valence-corrected chi connectivity index (χ1v) is 7.45. The summed E-state index contributed by atoms with van der Waals surface area (Å²) < 4.78 is 11.1. The van der Waals surface area contributed by atoms with E-state index in [-0.39, 0.29) is 0 Å². The predicted octanol–water partition coefficient (Wildman–Crippen LogP) is 4.05. The van der Waals surface area contributed by atoms with Gasteiger partial charge in [0.05, 0.1) is 7.11 Å². The van der Waals surface area contributed by atoms with Crippen LogP contribution in [0.15, 0.2) is 41.3 Å². The molecule has 0 heterocycles. The topological polar surface area (TPSA) is 68.3 Å². The van der Waals surface area contributed by atoms with Crippen molar-refractivity contribution in [2.24, 2.45) is 0 Å². The van der Waals surface area contributed by atoms with Gasteiger partial charge in [0.2, 0.25) is 0 Å². The third-order valence-electron chi connectivity index (χ3n) is 2.81. The van der Waals surface area contributed by atoms with E-state index in [0.717, 1.165) is 10.6 Å². The van der Waals surface area contributed by atoms with E-state index >= 15 is 0 Å². The summed E-state index contributed by atoms with van der Waals surface area (Å²) in [5, 5.41) is 9.38. The van der Waals surface area contributed by atoms with Crippen LogP contribution in [-0.2, 0) is 0 Å². The number of nitriles is 1. The van der Waals surface area contributed by atoms with E-state index in [0.29, 0.717) is 28.5 Å². The van der Waals surface area contributed by atoms with Crippen molar-refractivity contribution < 1.29 is 9.47 Å². The fourth-order valence-corrected chi connectivity index (χ4v) is 2.65. The van der Waals surface area contributed by atoms with Crippen LogP contribution in [0.1, 0.15) is 12.5 Å². The summed E-state index contributed by atoms with van der Waals surface area (Å²) in [6, 6.07) is 12.9. The van der Waals surface area contributed by atoms with Gasteiger partial charge in [0.15, 0.2) is 11.5 Å². The summed E-state index contributed by atoms with van der Waals surface area (Å²) in [7, 11) is 1.55. The van der Waals surface area contributed by atoms with Gasteiger partial charge in [-0.2, -0.15) is 5.26 Å². The molecule has 0 saturated carbocycles. The molecule has 2 N–H and O–H groups in total. The van der Waals surface area contributed by atoms with Gasteiger partial charge in [-0.1, -0.05) is 13.0 Å². The Morgan fingerprint density at radius 1 is 1.19 bits per heavy atom. The molecule has 2 rings (SSSR count). The second-order valence-corrected chi connectivity index (χ2v) is 5.49. The number of hydrogen-bond donors (Lipinski definition) is 1. The molecule has 0 radical (unpaired) electrons. The molecule has 0 unspecified atom stereocenters. The van der Waals surface area contributed by atoms with Gasteiger partial charge in [0, 0.05) is 16.6 Å². The summed E-state index contributed by atoms with van der Waals surface area (Å²) in [5.74, 6) is 2.47. The van der Waals surface area contributed by atoms with Gasteiger partial charge in [-0.3, -0.25) is 0 Å². The van der Waals surface area contributed by atoms with Gasteiger partial charge in [-0.15, -0.1) is 11.8 Å². The largest absolute Gasteiger partial charge is 0.493 e. The first kappa shape index (κ1) is 15.1. The Kier molecular flexibility index (Phi) is 4.96. The van der Waals surface area contributed by atoms with Crippen LogP contribution in [0.5, 0.6) is 17.2 Å². The molecule has 0 amide bonds. The molecule has 0 aliphatic heterocycles. The van der Waals surface area contributed by atoms with E-state index in [1.807, 2.05) is 19.1 Å². The molecule has 5 heteroatoms. The number of ether oxygens (including phenoxy) is 2. The Morgan fingerprint density at radius 2 is 2.00 bits per heavy atom. The molecule has 0 fully saturated rings. The number of benzene rings is 2. The smallest absolute Gasteiger partial charge is 0.169 e. The maximum Gasteiger partial charge on any atom is 0.169 e. The molecule has 0 bridgehead atoms. The van der Waals surface area contributed by atoms with Crippen molar-refractivity contribution in [3.05, 3.63) is 42.0 Å².